The van der Waals surface area contributed by atoms with Crippen molar-refractivity contribution >= 4 is 18.3 Å². The first kappa shape index (κ1) is 25.5. The molecule has 1 aromatic carbocycles. The van der Waals surface area contributed by atoms with Gasteiger partial charge in [0, 0.05) is 29.4 Å². The first-order valence-electron chi connectivity index (χ1n) is 11.5. The second-order valence-electron chi connectivity index (χ2n) is 9.07. The summed E-state index contributed by atoms with van der Waals surface area (Å²) in [6.45, 7) is 1.26. The van der Waals surface area contributed by atoms with Crippen molar-refractivity contribution in [1.82, 2.24) is 0 Å². The molecular weight excluding hydrogens is 460 g/mol. The third-order valence-corrected chi connectivity index (χ3v) is 6.96. The van der Waals surface area contributed by atoms with Crippen molar-refractivity contribution in [3.63, 3.8) is 0 Å². The number of ether oxygens (including phenoxy) is 4. The van der Waals surface area contributed by atoms with Crippen LogP contribution in [0.15, 0.2) is 48.2 Å². The molecule has 1 saturated heterocycles. The lowest BCUT2D eigenvalue weighted by Gasteiger charge is -2.43. The maximum atomic E-state index is 12.5. The molecule has 10 nitrogen and oxygen atoms in total. The number of carbonyl (C=O) groups is 2. The van der Waals surface area contributed by atoms with Gasteiger partial charge in [-0.3, -0.25) is 4.79 Å². The molecule has 10 heteroatoms. The Labute approximate surface area is 202 Å². The predicted molar refractivity (Wildman–Crippen MR) is 120 cm³/mol. The van der Waals surface area contributed by atoms with Crippen molar-refractivity contribution in [2.75, 3.05) is 6.61 Å². The molecule has 3 aliphatic rings. The number of carbonyl (C=O) groups excluding carboxylic acids is 2. The fraction of sp³-hybridized carbons (Fsp3) is 0.520. The summed E-state index contributed by atoms with van der Waals surface area (Å²) in [5, 5.41) is 39.8. The molecule has 4 N–H and O–H groups in total. The molecule has 1 aliphatic carbocycles. The van der Waals surface area contributed by atoms with Gasteiger partial charge in [0.05, 0.1) is 12.9 Å². The lowest BCUT2D eigenvalue weighted by Crippen LogP contribution is -2.60. The highest BCUT2D eigenvalue weighted by Gasteiger charge is 2.53. The first-order valence-corrected chi connectivity index (χ1v) is 11.5. The van der Waals surface area contributed by atoms with Gasteiger partial charge in [0.2, 0.25) is 6.29 Å². The minimum Gasteiger partial charge on any atom is -0.472 e. The number of benzene rings is 1. The number of esters is 1. The molecule has 0 spiro atoms. The minimum absolute atomic E-state index is 0.285. The van der Waals surface area contributed by atoms with E-state index in [1.54, 1.807) is 6.08 Å². The van der Waals surface area contributed by atoms with Crippen LogP contribution in [-0.4, -0.2) is 82.4 Å². The van der Waals surface area contributed by atoms with Gasteiger partial charge in [-0.05, 0) is 18.1 Å². The van der Waals surface area contributed by atoms with E-state index >= 15 is 0 Å². The summed E-state index contributed by atoms with van der Waals surface area (Å²) < 4.78 is 22.6. The summed E-state index contributed by atoms with van der Waals surface area (Å²) in [5.74, 6) is -1.56. The zero-order valence-electron chi connectivity index (χ0n) is 19.1. The fourth-order valence-electron chi connectivity index (χ4n) is 4.98. The Hall–Kier alpha value is -2.60. The quantitative estimate of drug-likeness (QED) is 0.236. The Balaban J connectivity index is 1.46. The Morgan fingerprint density at radius 3 is 2.54 bits per heavy atom. The zero-order valence-corrected chi connectivity index (χ0v) is 19.1. The van der Waals surface area contributed by atoms with Crippen LogP contribution in [0.4, 0.5) is 0 Å². The average molecular weight is 491 g/mol. The summed E-state index contributed by atoms with van der Waals surface area (Å²) in [6, 6.07) is 9.31. The molecular formula is C25H30O10. The van der Waals surface area contributed by atoms with E-state index < -0.39 is 61.6 Å². The highest BCUT2D eigenvalue weighted by atomic mass is 16.8. The van der Waals surface area contributed by atoms with Gasteiger partial charge < -0.3 is 39.4 Å². The third-order valence-electron chi connectivity index (χ3n) is 6.96. The molecule has 2 fully saturated rings. The van der Waals surface area contributed by atoms with Gasteiger partial charge in [0.15, 0.2) is 6.29 Å². The second-order valence-corrected chi connectivity index (χ2v) is 9.07. The van der Waals surface area contributed by atoms with Crippen LogP contribution >= 0.6 is 0 Å². The number of hydrogen-bond donors (Lipinski definition) is 4. The maximum Gasteiger partial charge on any atom is 0.331 e. The van der Waals surface area contributed by atoms with E-state index in [1.807, 2.05) is 37.3 Å². The summed E-state index contributed by atoms with van der Waals surface area (Å²) in [5.41, 5.74) is 1.25. The number of aldehydes is 1. The van der Waals surface area contributed by atoms with Gasteiger partial charge in [0.25, 0.3) is 0 Å². The Morgan fingerprint density at radius 1 is 1.11 bits per heavy atom. The molecule has 1 aromatic rings. The first-order chi connectivity index (χ1) is 16.8. The van der Waals surface area contributed by atoms with Crippen LogP contribution in [0.5, 0.6) is 0 Å². The molecule has 190 valence electrons. The van der Waals surface area contributed by atoms with Crippen molar-refractivity contribution in [3.05, 3.63) is 53.8 Å². The lowest BCUT2D eigenvalue weighted by atomic mass is 9.84. The summed E-state index contributed by atoms with van der Waals surface area (Å²) in [4.78, 5) is 24.1. The number of rotatable bonds is 7. The van der Waals surface area contributed by atoms with Crippen LogP contribution in [0.25, 0.3) is 6.08 Å². The van der Waals surface area contributed by atoms with Crippen LogP contribution in [0.1, 0.15) is 18.9 Å². The van der Waals surface area contributed by atoms with E-state index in [0.717, 1.165) is 5.56 Å². The van der Waals surface area contributed by atoms with Crippen LogP contribution in [-0.2, 0) is 28.5 Å². The van der Waals surface area contributed by atoms with E-state index in [-0.39, 0.29) is 11.8 Å². The number of fused-ring (bicyclic) bond motifs is 1. The van der Waals surface area contributed by atoms with E-state index in [1.165, 1.54) is 12.3 Å². The molecule has 0 unspecified atom stereocenters. The smallest absolute Gasteiger partial charge is 0.331 e. The Morgan fingerprint density at radius 2 is 1.86 bits per heavy atom. The molecule has 1 saturated carbocycles. The molecule has 0 radical (unpaired) electrons. The molecule has 35 heavy (non-hydrogen) atoms. The van der Waals surface area contributed by atoms with Crippen LogP contribution < -0.4 is 0 Å². The highest BCUT2D eigenvalue weighted by Crippen LogP contribution is 2.48. The van der Waals surface area contributed by atoms with E-state index in [0.29, 0.717) is 18.3 Å². The van der Waals surface area contributed by atoms with Gasteiger partial charge in [-0.25, -0.2) is 4.79 Å². The fourth-order valence-corrected chi connectivity index (χ4v) is 4.98. The van der Waals surface area contributed by atoms with E-state index in [2.05, 4.69) is 0 Å². The third kappa shape index (κ3) is 5.32. The van der Waals surface area contributed by atoms with Crippen molar-refractivity contribution in [2.24, 2.45) is 17.8 Å². The van der Waals surface area contributed by atoms with Crippen molar-refractivity contribution < 1.29 is 49.0 Å². The van der Waals surface area contributed by atoms with Crippen molar-refractivity contribution in [2.45, 2.75) is 56.4 Å². The highest BCUT2D eigenvalue weighted by molar-refractivity contribution is 5.87. The van der Waals surface area contributed by atoms with E-state index in [4.69, 9.17) is 18.9 Å². The monoisotopic (exact) mass is 490 g/mol. The normalized spacial score (nSPS) is 38.9. The number of aliphatic hydroxyl groups is 4. The van der Waals surface area contributed by atoms with E-state index in [9.17, 15) is 30.0 Å². The van der Waals surface area contributed by atoms with Gasteiger partial charge in [0.1, 0.15) is 36.8 Å². The SMILES string of the molecule is C[C@@H]1[C@H]2[C@H](O[C@@H]3O[C@@H](CO)[C@@H](O)[C@@H](O)[C@@H]3O)OC=C(C=O)[C@H]2C[C@@H]1OC(=O)/C=C/c1ccccc1. The zero-order chi connectivity index (χ0) is 25.1. The molecule has 0 amide bonds. The van der Waals surface area contributed by atoms with Gasteiger partial charge >= 0.3 is 5.97 Å². The summed E-state index contributed by atoms with van der Waals surface area (Å²) >= 11 is 0. The largest absolute Gasteiger partial charge is 0.472 e. The van der Waals surface area contributed by atoms with Gasteiger partial charge in [-0.15, -0.1) is 0 Å². The molecule has 2 heterocycles. The number of hydrogen-bond acceptors (Lipinski definition) is 10. The number of aliphatic hydroxyl groups excluding tert-OH is 4. The van der Waals surface area contributed by atoms with Crippen LogP contribution in [0.2, 0.25) is 0 Å². The Bertz CT molecular complexity index is 945. The topological polar surface area (TPSA) is 152 Å². The molecule has 0 aromatic heterocycles. The maximum absolute atomic E-state index is 12.5. The van der Waals surface area contributed by atoms with Gasteiger partial charge in [-0.1, -0.05) is 37.3 Å². The molecule has 2 aliphatic heterocycles. The van der Waals surface area contributed by atoms with Crippen molar-refractivity contribution in [1.29, 1.82) is 0 Å². The molecule has 10 atom stereocenters. The second kappa shape index (κ2) is 11.0. The van der Waals surface area contributed by atoms with Crippen molar-refractivity contribution in [3.8, 4) is 0 Å². The summed E-state index contributed by atoms with van der Waals surface area (Å²) in [6.07, 6.45) is -3.43. The lowest BCUT2D eigenvalue weighted by molar-refractivity contribution is -0.342. The predicted octanol–water partition coefficient (Wildman–Crippen LogP) is 0.139. The average Bonchev–Trinajstić information content (AvgIpc) is 3.20. The minimum atomic E-state index is -1.60. The standard InChI is InChI=1S/C25H30O10/c1-13-17(33-19(28)8-7-14-5-3-2-4-6-14)9-16-15(10-26)12-32-24(20(13)16)35-25-23(31)22(30)21(29)18(11-27)34-25/h2-8,10,12-13,16-18,20-25,27,29-31H,9,11H2,1H3/b8-7+/t13-,16+,17-,18-,20+,21+,22+,23-,24-,25-/m0/s1. The Kier molecular flexibility index (Phi) is 8.00. The van der Waals surface area contributed by atoms with Gasteiger partial charge in [-0.2, -0.15) is 0 Å². The molecule has 4 rings (SSSR count). The van der Waals surface area contributed by atoms with Crippen LogP contribution in [0.3, 0.4) is 0 Å². The number of allylic oxidation sites excluding steroid dienone is 1. The van der Waals surface area contributed by atoms with Crippen LogP contribution in [0, 0.1) is 17.8 Å². The summed E-state index contributed by atoms with van der Waals surface area (Å²) in [7, 11) is 0. The molecule has 0 bridgehead atoms.